The molecule has 3 N–H and O–H groups in total. The van der Waals surface area contributed by atoms with Crippen LogP contribution < -0.4 is 20.5 Å². The lowest BCUT2D eigenvalue weighted by Gasteiger charge is -2.11. The van der Waals surface area contributed by atoms with Crippen molar-refractivity contribution in [2.75, 3.05) is 19.4 Å². The maximum absolute atomic E-state index is 12.3. The van der Waals surface area contributed by atoms with Crippen molar-refractivity contribution in [2.45, 2.75) is 6.61 Å². The Morgan fingerprint density at radius 1 is 1.42 bits per heavy atom. The van der Waals surface area contributed by atoms with Crippen LogP contribution in [0.4, 0.5) is 14.6 Å². The molecule has 0 fully saturated rings. The predicted octanol–water partition coefficient (Wildman–Crippen LogP) is 1.02. The average molecular weight is 365 g/mol. The van der Waals surface area contributed by atoms with Gasteiger partial charge in [-0.15, -0.1) is 0 Å². The zero-order valence-electron chi connectivity index (χ0n) is 13.4. The van der Waals surface area contributed by atoms with Crippen LogP contribution >= 0.6 is 0 Å². The maximum Gasteiger partial charge on any atom is 0.387 e. The zero-order chi connectivity index (χ0) is 19.3. The quantitative estimate of drug-likeness (QED) is 0.781. The summed E-state index contributed by atoms with van der Waals surface area (Å²) in [5.74, 6) is -1.77. The van der Waals surface area contributed by atoms with Crippen molar-refractivity contribution < 1.29 is 27.8 Å². The number of nitriles is 1. The number of alkyl halides is 2. The SMILES string of the molecule is COc1cc(C(=O)NCC(=O)n2ncc(C#N)c2N)ccc1OC(F)F. The van der Waals surface area contributed by atoms with Crippen LogP contribution in [-0.4, -0.2) is 41.9 Å². The fraction of sp³-hybridized carbons (Fsp3) is 0.200. The Hall–Kier alpha value is -3.68. The van der Waals surface area contributed by atoms with Crippen molar-refractivity contribution in [3.05, 3.63) is 35.5 Å². The number of amides is 1. The summed E-state index contributed by atoms with van der Waals surface area (Å²) < 4.78 is 34.5. The molecule has 9 nitrogen and oxygen atoms in total. The smallest absolute Gasteiger partial charge is 0.387 e. The molecule has 2 rings (SSSR count). The predicted molar refractivity (Wildman–Crippen MR) is 83.9 cm³/mol. The third kappa shape index (κ3) is 4.04. The molecule has 0 aliphatic rings. The van der Waals surface area contributed by atoms with E-state index in [1.165, 1.54) is 19.2 Å². The highest BCUT2D eigenvalue weighted by Gasteiger charge is 2.17. The standard InChI is InChI=1S/C15H13F2N5O4/c1-25-11-4-8(2-3-10(11)26-15(16)17)14(24)20-7-12(23)22-13(19)9(5-18)6-21-22/h2-4,6,15H,7,19H2,1H3,(H,20,24). The molecule has 0 atom stereocenters. The van der Waals surface area contributed by atoms with E-state index in [-0.39, 0.29) is 28.4 Å². The number of rotatable bonds is 6. The molecule has 2 aromatic rings. The highest BCUT2D eigenvalue weighted by molar-refractivity contribution is 5.97. The number of hydrogen-bond donors (Lipinski definition) is 2. The van der Waals surface area contributed by atoms with Crippen LogP contribution in [0.1, 0.15) is 20.7 Å². The van der Waals surface area contributed by atoms with Gasteiger partial charge in [-0.25, -0.2) is 0 Å². The normalized spacial score (nSPS) is 10.3. The Labute approximate surface area is 145 Å². The molecule has 0 saturated heterocycles. The first-order valence-electron chi connectivity index (χ1n) is 7.05. The Bertz CT molecular complexity index is 875. The molecular formula is C15H13F2N5O4. The highest BCUT2D eigenvalue weighted by atomic mass is 19.3. The summed E-state index contributed by atoms with van der Waals surface area (Å²) in [6, 6.07) is 5.33. The lowest BCUT2D eigenvalue weighted by Crippen LogP contribution is -2.33. The summed E-state index contributed by atoms with van der Waals surface area (Å²) in [6.07, 6.45) is 1.13. The Morgan fingerprint density at radius 3 is 2.73 bits per heavy atom. The number of nitrogens with two attached hydrogens (primary N) is 1. The summed E-state index contributed by atoms with van der Waals surface area (Å²) in [6.45, 7) is -3.49. The number of carbonyl (C=O) groups excluding carboxylic acids is 2. The third-order valence-corrected chi connectivity index (χ3v) is 3.21. The molecule has 0 bridgehead atoms. The Balaban J connectivity index is 2.06. The summed E-state index contributed by atoms with van der Waals surface area (Å²) in [5.41, 5.74) is 5.67. The van der Waals surface area contributed by atoms with Crippen molar-refractivity contribution in [3.63, 3.8) is 0 Å². The number of nitrogen functional groups attached to an aromatic ring is 1. The maximum atomic E-state index is 12.3. The first kappa shape index (κ1) is 18.7. The molecule has 0 radical (unpaired) electrons. The summed E-state index contributed by atoms with van der Waals surface area (Å²) in [4.78, 5) is 24.1. The van der Waals surface area contributed by atoms with Crippen LogP contribution in [0.3, 0.4) is 0 Å². The average Bonchev–Trinajstić information content (AvgIpc) is 2.99. The van der Waals surface area contributed by atoms with Gasteiger partial charge < -0.3 is 20.5 Å². The number of methoxy groups -OCH3 is 1. The number of nitrogens with zero attached hydrogens (tertiary/aromatic N) is 3. The first-order valence-corrected chi connectivity index (χ1v) is 7.05. The lowest BCUT2D eigenvalue weighted by molar-refractivity contribution is -0.0512. The number of ether oxygens (including phenoxy) is 2. The topological polar surface area (TPSA) is 132 Å². The van der Waals surface area contributed by atoms with E-state index >= 15 is 0 Å². The van der Waals surface area contributed by atoms with Crippen LogP contribution in [-0.2, 0) is 0 Å². The van der Waals surface area contributed by atoms with Gasteiger partial charge in [0.25, 0.3) is 11.8 Å². The number of hydrogen-bond acceptors (Lipinski definition) is 7. The fourth-order valence-electron chi connectivity index (χ4n) is 1.98. The van der Waals surface area contributed by atoms with Crippen LogP contribution in [0.15, 0.2) is 24.4 Å². The van der Waals surface area contributed by atoms with Gasteiger partial charge in [0, 0.05) is 5.56 Å². The molecule has 11 heteroatoms. The zero-order valence-corrected chi connectivity index (χ0v) is 13.4. The molecule has 26 heavy (non-hydrogen) atoms. The van der Waals surface area contributed by atoms with Crippen molar-refractivity contribution in [1.82, 2.24) is 15.1 Å². The number of halogens is 2. The van der Waals surface area contributed by atoms with E-state index in [1.807, 2.05) is 0 Å². The molecule has 136 valence electrons. The van der Waals surface area contributed by atoms with E-state index in [0.29, 0.717) is 0 Å². The van der Waals surface area contributed by atoms with Crippen LogP contribution in [0.5, 0.6) is 11.5 Å². The van der Waals surface area contributed by atoms with Crippen LogP contribution in [0.2, 0.25) is 0 Å². The van der Waals surface area contributed by atoms with E-state index in [9.17, 15) is 18.4 Å². The Kier molecular flexibility index (Phi) is 5.69. The summed E-state index contributed by atoms with van der Waals surface area (Å²) in [5, 5.41) is 14.8. The third-order valence-electron chi connectivity index (χ3n) is 3.21. The monoisotopic (exact) mass is 365 g/mol. The molecule has 0 saturated carbocycles. The van der Waals surface area contributed by atoms with Crippen molar-refractivity contribution in [2.24, 2.45) is 0 Å². The van der Waals surface area contributed by atoms with E-state index < -0.39 is 25.0 Å². The Morgan fingerprint density at radius 2 is 2.15 bits per heavy atom. The van der Waals surface area contributed by atoms with Gasteiger partial charge in [0.15, 0.2) is 11.5 Å². The number of carbonyl (C=O) groups is 2. The molecule has 0 spiro atoms. The van der Waals surface area contributed by atoms with Gasteiger partial charge in [-0.2, -0.15) is 23.8 Å². The minimum absolute atomic E-state index is 0.0315. The van der Waals surface area contributed by atoms with Crippen molar-refractivity contribution >= 4 is 17.6 Å². The second-order valence-corrected chi connectivity index (χ2v) is 4.79. The molecule has 0 unspecified atom stereocenters. The molecule has 1 amide bonds. The van der Waals surface area contributed by atoms with Crippen molar-refractivity contribution in [3.8, 4) is 17.6 Å². The van der Waals surface area contributed by atoms with Crippen molar-refractivity contribution in [1.29, 1.82) is 5.26 Å². The number of benzene rings is 1. The van der Waals surface area contributed by atoms with Gasteiger partial charge in [0.1, 0.15) is 17.5 Å². The molecule has 0 aliphatic heterocycles. The second kappa shape index (κ2) is 7.93. The summed E-state index contributed by atoms with van der Waals surface area (Å²) >= 11 is 0. The van der Waals surface area contributed by atoms with Gasteiger partial charge in [-0.05, 0) is 18.2 Å². The van der Waals surface area contributed by atoms with Gasteiger partial charge in [0.2, 0.25) is 0 Å². The fourth-order valence-corrected chi connectivity index (χ4v) is 1.98. The molecular weight excluding hydrogens is 352 g/mol. The van der Waals surface area contributed by atoms with Crippen LogP contribution in [0.25, 0.3) is 0 Å². The van der Waals surface area contributed by atoms with E-state index in [0.717, 1.165) is 16.9 Å². The van der Waals surface area contributed by atoms with E-state index in [2.05, 4.69) is 15.2 Å². The molecule has 1 aromatic heterocycles. The van der Waals surface area contributed by atoms with Gasteiger partial charge in [-0.3, -0.25) is 9.59 Å². The van der Waals surface area contributed by atoms with Gasteiger partial charge >= 0.3 is 6.61 Å². The number of aromatic nitrogens is 2. The molecule has 1 heterocycles. The molecule has 0 aliphatic carbocycles. The minimum atomic E-state index is -3.04. The van der Waals surface area contributed by atoms with Crippen LogP contribution in [0, 0.1) is 11.3 Å². The molecule has 1 aromatic carbocycles. The summed E-state index contributed by atoms with van der Waals surface area (Å²) in [7, 11) is 1.23. The number of nitrogens with one attached hydrogen (secondary N) is 1. The van der Waals surface area contributed by atoms with E-state index in [4.69, 9.17) is 15.7 Å². The lowest BCUT2D eigenvalue weighted by atomic mass is 10.2. The van der Waals surface area contributed by atoms with E-state index in [1.54, 1.807) is 6.07 Å². The highest BCUT2D eigenvalue weighted by Crippen LogP contribution is 2.29. The second-order valence-electron chi connectivity index (χ2n) is 4.79. The van der Waals surface area contributed by atoms with Gasteiger partial charge in [-0.1, -0.05) is 0 Å². The number of anilines is 1. The first-order chi connectivity index (χ1) is 12.4. The van der Waals surface area contributed by atoms with Gasteiger partial charge in [0.05, 0.1) is 19.9 Å². The largest absolute Gasteiger partial charge is 0.493 e. The minimum Gasteiger partial charge on any atom is -0.493 e.